The molecule has 1 saturated heterocycles. The molecule has 11 heteroatoms. The molecular formula is C23H22Cl4N4O3. The smallest absolute Gasteiger partial charge is 0.215 e. The van der Waals surface area contributed by atoms with Gasteiger partial charge in [-0.25, -0.2) is 9.97 Å². The lowest BCUT2D eigenvalue weighted by atomic mass is 10.1. The van der Waals surface area contributed by atoms with E-state index in [-0.39, 0.29) is 30.9 Å². The van der Waals surface area contributed by atoms with Crippen molar-refractivity contribution in [1.29, 1.82) is 0 Å². The molecular weight excluding hydrogens is 522 g/mol. The third-order valence-corrected chi connectivity index (χ3v) is 5.77. The van der Waals surface area contributed by atoms with Gasteiger partial charge in [-0.1, -0.05) is 29.3 Å². The number of rotatable bonds is 7. The van der Waals surface area contributed by atoms with Crippen molar-refractivity contribution in [3.8, 4) is 11.4 Å². The van der Waals surface area contributed by atoms with E-state index in [9.17, 15) is 0 Å². The zero-order valence-corrected chi connectivity index (χ0v) is 20.9. The van der Waals surface area contributed by atoms with Crippen LogP contribution in [-0.2, 0) is 21.8 Å². The van der Waals surface area contributed by atoms with Gasteiger partial charge in [-0.2, -0.15) is 0 Å². The van der Waals surface area contributed by atoms with E-state index in [2.05, 4.69) is 9.97 Å². The second kappa shape index (κ2) is 11.4. The monoisotopic (exact) mass is 542 g/mol. The van der Waals surface area contributed by atoms with E-state index in [0.717, 1.165) is 11.4 Å². The summed E-state index contributed by atoms with van der Waals surface area (Å²) < 4.78 is 22.4. The second-order valence-corrected chi connectivity index (χ2v) is 8.28. The number of ether oxygens (including phenoxy) is 3. The van der Waals surface area contributed by atoms with Crippen LogP contribution >= 0.6 is 48.0 Å². The minimum atomic E-state index is -1.07. The summed E-state index contributed by atoms with van der Waals surface area (Å²) in [5.41, 5.74) is 1.72. The van der Waals surface area contributed by atoms with Crippen LogP contribution in [0.5, 0.6) is 5.75 Å². The van der Waals surface area contributed by atoms with E-state index in [1.807, 2.05) is 51.9 Å². The maximum Gasteiger partial charge on any atom is 0.215 e. The maximum atomic E-state index is 6.51. The van der Waals surface area contributed by atoms with Gasteiger partial charge in [0, 0.05) is 41.1 Å². The van der Waals surface area contributed by atoms with Gasteiger partial charge in [0.15, 0.2) is 0 Å². The number of nitrogens with zero attached hydrogens (tertiary/aromatic N) is 4. The van der Waals surface area contributed by atoms with Crippen molar-refractivity contribution in [1.82, 2.24) is 19.1 Å². The van der Waals surface area contributed by atoms with Crippen LogP contribution in [0.1, 0.15) is 5.56 Å². The summed E-state index contributed by atoms with van der Waals surface area (Å²) in [6.07, 6.45) is 10.4. The molecule has 3 heterocycles. The Kier molecular flexibility index (Phi) is 8.87. The van der Waals surface area contributed by atoms with Crippen LogP contribution in [0, 0.1) is 0 Å². The number of hydrogen-bond acceptors (Lipinski definition) is 5. The first-order valence-electron chi connectivity index (χ1n) is 10.1. The summed E-state index contributed by atoms with van der Waals surface area (Å²) in [6, 6.07) is 13.1. The van der Waals surface area contributed by atoms with Crippen molar-refractivity contribution in [3.63, 3.8) is 0 Å². The molecule has 2 aromatic heterocycles. The van der Waals surface area contributed by atoms with Crippen molar-refractivity contribution in [2.75, 3.05) is 13.2 Å². The van der Waals surface area contributed by atoms with E-state index >= 15 is 0 Å². The van der Waals surface area contributed by atoms with Crippen LogP contribution < -0.4 is 4.74 Å². The Hall–Kier alpha value is -2.26. The fraction of sp³-hybridized carbons (Fsp3) is 0.217. The predicted molar refractivity (Wildman–Crippen MR) is 135 cm³/mol. The highest BCUT2D eigenvalue weighted by molar-refractivity contribution is 6.35. The van der Waals surface area contributed by atoms with Crippen molar-refractivity contribution in [2.45, 2.75) is 18.4 Å². The first-order chi connectivity index (χ1) is 15.6. The number of aromatic nitrogens is 4. The molecule has 0 spiro atoms. The van der Waals surface area contributed by atoms with Gasteiger partial charge in [-0.15, -0.1) is 24.8 Å². The lowest BCUT2D eigenvalue weighted by Gasteiger charge is -2.30. The average Bonchev–Trinajstić information content (AvgIpc) is 3.56. The Bertz CT molecular complexity index is 1170. The van der Waals surface area contributed by atoms with Crippen LogP contribution in [0.4, 0.5) is 0 Å². The fourth-order valence-corrected chi connectivity index (χ4v) is 4.24. The summed E-state index contributed by atoms with van der Waals surface area (Å²) in [4.78, 5) is 8.18. The standard InChI is InChI=1S/C23H20Cl2N4O3.2ClH/c24-17-1-6-21(22(25)11-17)23(14-28-9-7-26-15-28)31-13-20(32-23)12-30-19-4-2-18(3-5-19)29-10-8-27-16-29;;/h1-11,15-16,20H,12-14H2;2*1H. The largest absolute Gasteiger partial charge is 0.491 e. The second-order valence-electron chi connectivity index (χ2n) is 7.44. The average molecular weight is 544 g/mol. The molecule has 0 saturated carbocycles. The highest BCUT2D eigenvalue weighted by Gasteiger charge is 2.45. The molecule has 1 fully saturated rings. The zero-order valence-electron chi connectivity index (χ0n) is 17.8. The Morgan fingerprint density at radius 1 is 1.00 bits per heavy atom. The van der Waals surface area contributed by atoms with Crippen molar-refractivity contribution >= 4 is 48.0 Å². The Balaban J connectivity index is 0.00000162. The lowest BCUT2D eigenvalue weighted by molar-refractivity contribution is -0.189. The lowest BCUT2D eigenvalue weighted by Crippen LogP contribution is -2.34. The Morgan fingerprint density at radius 3 is 2.44 bits per heavy atom. The molecule has 34 heavy (non-hydrogen) atoms. The number of benzene rings is 2. The van der Waals surface area contributed by atoms with Crippen LogP contribution in [-0.4, -0.2) is 38.4 Å². The molecule has 0 amide bonds. The summed E-state index contributed by atoms with van der Waals surface area (Å²) in [5.74, 6) is -0.323. The Labute approximate surface area is 219 Å². The van der Waals surface area contributed by atoms with Crippen LogP contribution in [0.25, 0.3) is 5.69 Å². The molecule has 0 radical (unpaired) electrons. The summed E-state index contributed by atoms with van der Waals surface area (Å²) in [6.45, 7) is 1.09. The van der Waals surface area contributed by atoms with Crippen molar-refractivity contribution in [2.24, 2.45) is 0 Å². The molecule has 0 N–H and O–H groups in total. The molecule has 180 valence electrons. The summed E-state index contributed by atoms with van der Waals surface area (Å²) in [5, 5.41) is 1.03. The van der Waals surface area contributed by atoms with Gasteiger partial charge in [-0.3, -0.25) is 0 Å². The van der Waals surface area contributed by atoms with Gasteiger partial charge >= 0.3 is 0 Å². The van der Waals surface area contributed by atoms with E-state index < -0.39 is 5.79 Å². The van der Waals surface area contributed by atoms with Gasteiger partial charge in [-0.05, 0) is 36.4 Å². The number of halogens is 4. The van der Waals surface area contributed by atoms with Gasteiger partial charge < -0.3 is 23.3 Å². The normalized spacial score (nSPS) is 19.3. The molecule has 2 aromatic carbocycles. The molecule has 5 rings (SSSR count). The van der Waals surface area contributed by atoms with Gasteiger partial charge in [0.25, 0.3) is 0 Å². The predicted octanol–water partition coefficient (Wildman–Crippen LogP) is 5.57. The van der Waals surface area contributed by atoms with Crippen LogP contribution in [0.2, 0.25) is 10.0 Å². The van der Waals surface area contributed by atoms with Crippen LogP contribution in [0.15, 0.2) is 79.9 Å². The third kappa shape index (κ3) is 5.68. The highest BCUT2D eigenvalue weighted by Crippen LogP contribution is 2.40. The fourth-order valence-electron chi connectivity index (χ4n) is 3.69. The van der Waals surface area contributed by atoms with Gasteiger partial charge in [0.05, 0.1) is 30.8 Å². The topological polar surface area (TPSA) is 63.3 Å². The van der Waals surface area contributed by atoms with E-state index in [1.165, 1.54) is 0 Å². The molecule has 7 nitrogen and oxygen atoms in total. The molecule has 0 bridgehead atoms. The summed E-state index contributed by atoms with van der Waals surface area (Å²) >= 11 is 12.6. The minimum absolute atomic E-state index is 0. The molecule has 1 aliphatic rings. The molecule has 0 aliphatic carbocycles. The molecule has 4 aromatic rings. The van der Waals surface area contributed by atoms with E-state index in [0.29, 0.717) is 35.4 Å². The van der Waals surface area contributed by atoms with Crippen molar-refractivity contribution < 1.29 is 14.2 Å². The quantitative estimate of drug-likeness (QED) is 0.305. The van der Waals surface area contributed by atoms with E-state index in [4.69, 9.17) is 37.4 Å². The highest BCUT2D eigenvalue weighted by atomic mass is 35.5. The van der Waals surface area contributed by atoms with Crippen molar-refractivity contribution in [3.05, 3.63) is 95.5 Å². The number of hydrogen-bond donors (Lipinski definition) is 0. The SMILES string of the molecule is Cl.Cl.Clc1ccc(C2(Cn3ccnc3)OCC(COc3ccc(-n4ccnc4)cc3)O2)c(Cl)c1. The third-order valence-electron chi connectivity index (χ3n) is 5.23. The van der Waals surface area contributed by atoms with Crippen LogP contribution in [0.3, 0.4) is 0 Å². The molecule has 2 atom stereocenters. The minimum Gasteiger partial charge on any atom is -0.491 e. The zero-order chi connectivity index (χ0) is 22.0. The summed E-state index contributed by atoms with van der Waals surface area (Å²) in [7, 11) is 0. The van der Waals surface area contributed by atoms with Gasteiger partial charge in [0.2, 0.25) is 5.79 Å². The molecule has 2 unspecified atom stereocenters. The number of imidazole rings is 2. The van der Waals surface area contributed by atoms with E-state index in [1.54, 1.807) is 37.2 Å². The first kappa shape index (κ1) is 26.3. The maximum absolute atomic E-state index is 6.51. The first-order valence-corrected chi connectivity index (χ1v) is 10.8. The van der Waals surface area contributed by atoms with Gasteiger partial charge in [0.1, 0.15) is 18.5 Å². The Morgan fingerprint density at radius 2 is 1.76 bits per heavy atom. The molecule has 1 aliphatic heterocycles.